The van der Waals surface area contributed by atoms with E-state index in [0.717, 1.165) is 28.7 Å². The van der Waals surface area contributed by atoms with E-state index in [2.05, 4.69) is 5.32 Å². The molecule has 2 amide bonds. The Kier molecular flexibility index (Phi) is 11.8. The van der Waals surface area contributed by atoms with Crippen molar-refractivity contribution in [1.29, 1.82) is 0 Å². The highest BCUT2D eigenvalue weighted by molar-refractivity contribution is 7.92. The van der Waals surface area contributed by atoms with Crippen LogP contribution in [-0.4, -0.2) is 50.5 Å². The number of anilines is 1. The zero-order chi connectivity index (χ0) is 30.0. The summed E-state index contributed by atoms with van der Waals surface area (Å²) in [6.07, 6.45) is 2.66. The van der Waals surface area contributed by atoms with Gasteiger partial charge in [0.05, 0.1) is 11.9 Å². The molecule has 3 aromatic carbocycles. The lowest BCUT2D eigenvalue weighted by Crippen LogP contribution is -2.50. The van der Waals surface area contributed by atoms with Crippen LogP contribution >= 0.6 is 11.6 Å². The highest BCUT2D eigenvalue weighted by atomic mass is 35.5. The number of halogens is 1. The van der Waals surface area contributed by atoms with Gasteiger partial charge in [-0.15, -0.1) is 0 Å². The number of nitrogens with zero attached hydrogens (tertiary/aromatic N) is 2. The van der Waals surface area contributed by atoms with Gasteiger partial charge in [0, 0.05) is 37.5 Å². The first-order valence-corrected chi connectivity index (χ1v) is 16.1. The van der Waals surface area contributed by atoms with E-state index in [1.807, 2.05) is 81.4 Å². The van der Waals surface area contributed by atoms with E-state index in [1.165, 1.54) is 10.6 Å². The molecule has 0 aromatic heterocycles. The van der Waals surface area contributed by atoms with Gasteiger partial charge >= 0.3 is 0 Å². The molecule has 0 aliphatic heterocycles. The van der Waals surface area contributed by atoms with E-state index in [0.29, 0.717) is 30.1 Å². The Hall–Kier alpha value is -3.36. The molecule has 0 unspecified atom stereocenters. The number of carbonyl (C=O) groups is 2. The molecule has 0 radical (unpaired) electrons. The van der Waals surface area contributed by atoms with Crippen LogP contribution in [0, 0.1) is 13.8 Å². The van der Waals surface area contributed by atoms with Gasteiger partial charge in [0.15, 0.2) is 0 Å². The summed E-state index contributed by atoms with van der Waals surface area (Å²) >= 11 is 6.25. The number of hydrogen-bond donors (Lipinski definition) is 1. The number of sulfonamides is 1. The summed E-state index contributed by atoms with van der Waals surface area (Å²) in [5, 5.41) is 3.51. The number of rotatable bonds is 14. The molecule has 0 aliphatic carbocycles. The van der Waals surface area contributed by atoms with E-state index < -0.39 is 16.1 Å². The second kappa shape index (κ2) is 15.0. The maximum Gasteiger partial charge on any atom is 0.243 e. The standard InChI is InChI=1S/C32H40ClN3O4S/c1-5-18-34-32(38)30(22-26-11-7-6-8-12-26)35(23-27-13-9-14-28(33)21-27)31(37)15-10-19-36(41(4,39)40)29-20-24(2)16-17-25(29)3/h6-9,11-14,16-17,20-21,30H,5,10,15,18-19,22-23H2,1-4H3,(H,34,38)/t30-/m0/s1. The molecular weight excluding hydrogens is 558 g/mol. The van der Waals surface area contributed by atoms with Crippen LogP contribution in [0.15, 0.2) is 72.8 Å². The Morgan fingerprint density at radius 3 is 2.32 bits per heavy atom. The van der Waals surface area contributed by atoms with Gasteiger partial charge in [0.2, 0.25) is 21.8 Å². The molecule has 41 heavy (non-hydrogen) atoms. The van der Waals surface area contributed by atoms with Crippen molar-refractivity contribution < 1.29 is 18.0 Å². The molecule has 3 rings (SSSR count). The van der Waals surface area contributed by atoms with E-state index in [-0.39, 0.29) is 31.3 Å². The zero-order valence-electron chi connectivity index (χ0n) is 24.3. The molecule has 9 heteroatoms. The average molecular weight is 598 g/mol. The third-order valence-electron chi connectivity index (χ3n) is 6.85. The van der Waals surface area contributed by atoms with Crippen molar-refractivity contribution in [2.24, 2.45) is 0 Å². The van der Waals surface area contributed by atoms with E-state index in [4.69, 9.17) is 11.6 Å². The van der Waals surface area contributed by atoms with Crippen LogP contribution in [0.2, 0.25) is 5.02 Å². The predicted octanol–water partition coefficient (Wildman–Crippen LogP) is 5.67. The summed E-state index contributed by atoms with van der Waals surface area (Å²) in [4.78, 5) is 28.9. The van der Waals surface area contributed by atoms with Gasteiger partial charge in [-0.05, 0) is 67.1 Å². The van der Waals surface area contributed by atoms with Crippen molar-refractivity contribution in [2.45, 2.75) is 59.0 Å². The highest BCUT2D eigenvalue weighted by Crippen LogP contribution is 2.25. The highest BCUT2D eigenvalue weighted by Gasteiger charge is 2.30. The Bertz CT molecular complexity index is 1430. The SMILES string of the molecule is CCCNC(=O)[C@H](Cc1ccccc1)N(Cc1cccc(Cl)c1)C(=O)CCCN(c1cc(C)ccc1C)S(C)(=O)=O. The topological polar surface area (TPSA) is 86.8 Å². The van der Waals surface area contributed by atoms with Gasteiger partial charge < -0.3 is 10.2 Å². The fraction of sp³-hybridized carbons (Fsp3) is 0.375. The Morgan fingerprint density at radius 2 is 1.66 bits per heavy atom. The summed E-state index contributed by atoms with van der Waals surface area (Å²) in [7, 11) is -3.58. The van der Waals surface area contributed by atoms with Crippen LogP contribution in [0.5, 0.6) is 0 Å². The summed E-state index contributed by atoms with van der Waals surface area (Å²) in [6.45, 7) is 6.60. The normalized spacial score (nSPS) is 12.0. The van der Waals surface area contributed by atoms with Crippen LogP contribution in [0.4, 0.5) is 5.69 Å². The lowest BCUT2D eigenvalue weighted by atomic mass is 10.0. The molecule has 0 spiro atoms. The molecule has 0 heterocycles. The third-order valence-corrected chi connectivity index (χ3v) is 8.26. The van der Waals surface area contributed by atoms with Gasteiger partial charge in [0.25, 0.3) is 0 Å². The maximum atomic E-state index is 13.9. The Labute approximate surface area is 249 Å². The van der Waals surface area contributed by atoms with Crippen LogP contribution < -0.4 is 9.62 Å². The number of hydrogen-bond acceptors (Lipinski definition) is 4. The van der Waals surface area contributed by atoms with Crippen molar-refractivity contribution in [1.82, 2.24) is 10.2 Å². The monoisotopic (exact) mass is 597 g/mol. The summed E-state index contributed by atoms with van der Waals surface area (Å²) in [5.74, 6) is -0.453. The Balaban J connectivity index is 1.89. The van der Waals surface area contributed by atoms with E-state index >= 15 is 0 Å². The zero-order valence-corrected chi connectivity index (χ0v) is 25.8. The van der Waals surface area contributed by atoms with Crippen molar-refractivity contribution in [3.8, 4) is 0 Å². The smallest absolute Gasteiger partial charge is 0.243 e. The Morgan fingerprint density at radius 1 is 0.951 bits per heavy atom. The molecular formula is C32H40ClN3O4S. The molecule has 220 valence electrons. The van der Waals surface area contributed by atoms with Gasteiger partial charge in [-0.2, -0.15) is 0 Å². The number of benzene rings is 3. The molecule has 3 aromatic rings. The van der Waals surface area contributed by atoms with Crippen molar-refractivity contribution in [3.63, 3.8) is 0 Å². The first kappa shape index (κ1) is 32.2. The van der Waals surface area contributed by atoms with Crippen LogP contribution in [-0.2, 0) is 32.6 Å². The van der Waals surface area contributed by atoms with Gasteiger partial charge in [-0.25, -0.2) is 8.42 Å². The lowest BCUT2D eigenvalue weighted by molar-refractivity contribution is -0.141. The van der Waals surface area contributed by atoms with Gasteiger partial charge in [-0.1, -0.05) is 73.1 Å². The van der Waals surface area contributed by atoms with E-state index in [9.17, 15) is 18.0 Å². The summed E-state index contributed by atoms with van der Waals surface area (Å²) in [5.41, 5.74) is 4.14. The van der Waals surface area contributed by atoms with Crippen molar-refractivity contribution in [2.75, 3.05) is 23.7 Å². The minimum absolute atomic E-state index is 0.0732. The lowest BCUT2D eigenvalue weighted by Gasteiger charge is -2.32. The van der Waals surface area contributed by atoms with Gasteiger partial charge in [-0.3, -0.25) is 13.9 Å². The number of carbonyl (C=O) groups excluding carboxylic acids is 2. The molecule has 0 saturated carbocycles. The predicted molar refractivity (Wildman–Crippen MR) is 167 cm³/mol. The molecule has 0 saturated heterocycles. The molecule has 7 nitrogen and oxygen atoms in total. The molecule has 1 N–H and O–H groups in total. The van der Waals surface area contributed by atoms with Crippen molar-refractivity contribution >= 4 is 39.1 Å². The first-order chi connectivity index (χ1) is 19.5. The maximum absolute atomic E-state index is 13.9. The van der Waals surface area contributed by atoms with Crippen LogP contribution in [0.1, 0.15) is 48.4 Å². The minimum Gasteiger partial charge on any atom is -0.354 e. The second-order valence-electron chi connectivity index (χ2n) is 10.4. The number of nitrogens with one attached hydrogen (secondary N) is 1. The summed E-state index contributed by atoms with van der Waals surface area (Å²) < 4.78 is 26.8. The molecule has 0 fully saturated rings. The number of aryl methyl sites for hydroxylation is 2. The van der Waals surface area contributed by atoms with Crippen molar-refractivity contribution in [3.05, 3.63) is 100 Å². The average Bonchev–Trinajstić information content (AvgIpc) is 2.93. The largest absolute Gasteiger partial charge is 0.354 e. The quantitative estimate of drug-likeness (QED) is 0.259. The first-order valence-electron chi connectivity index (χ1n) is 13.9. The third kappa shape index (κ3) is 9.61. The molecule has 0 aliphatic rings. The molecule has 0 bridgehead atoms. The fourth-order valence-corrected chi connectivity index (χ4v) is 5.95. The second-order valence-corrected chi connectivity index (χ2v) is 12.7. The van der Waals surface area contributed by atoms with E-state index in [1.54, 1.807) is 17.0 Å². The van der Waals surface area contributed by atoms with Crippen LogP contribution in [0.3, 0.4) is 0 Å². The minimum atomic E-state index is -3.58. The van der Waals surface area contributed by atoms with Crippen LogP contribution in [0.25, 0.3) is 0 Å². The molecule has 1 atom stereocenters. The fourth-order valence-electron chi connectivity index (χ4n) is 4.72. The number of amides is 2. The summed E-state index contributed by atoms with van der Waals surface area (Å²) in [6, 6.07) is 21.8. The van der Waals surface area contributed by atoms with Gasteiger partial charge in [0.1, 0.15) is 6.04 Å².